The number of aliphatic hydroxyl groups is 1. The minimum absolute atomic E-state index is 0.0230. The maximum atomic E-state index is 12.4. The summed E-state index contributed by atoms with van der Waals surface area (Å²) in [7, 11) is -1.18. The zero-order chi connectivity index (χ0) is 18.6. The molecule has 0 bridgehead atoms. The smallest absolute Gasteiger partial charge is 0.0975 e. The van der Waals surface area contributed by atoms with Crippen LogP contribution in [0.4, 0.5) is 0 Å². The van der Waals surface area contributed by atoms with Crippen LogP contribution in [0.15, 0.2) is 52.3 Å². The molecule has 6 heteroatoms. The van der Waals surface area contributed by atoms with Crippen molar-refractivity contribution in [3.8, 4) is 0 Å². The lowest BCUT2D eigenvalue weighted by atomic mass is 10.1. The zero-order valence-electron chi connectivity index (χ0n) is 14.9. The normalized spacial score (nSPS) is 14.3. The molecule has 25 heavy (non-hydrogen) atoms. The first-order valence-electron chi connectivity index (χ1n) is 8.07. The summed E-state index contributed by atoms with van der Waals surface area (Å²) >= 11 is 7.98. The molecule has 0 aliphatic heterocycles. The first-order valence-corrected chi connectivity index (χ1v) is 10.4. The van der Waals surface area contributed by atoms with Crippen molar-refractivity contribution in [2.75, 3.05) is 0 Å². The van der Waals surface area contributed by atoms with E-state index in [4.69, 9.17) is 11.6 Å². The first kappa shape index (κ1) is 20.5. The molecule has 0 saturated carbocycles. The van der Waals surface area contributed by atoms with Gasteiger partial charge in [0.2, 0.25) is 0 Å². The Morgan fingerprint density at radius 2 is 1.88 bits per heavy atom. The van der Waals surface area contributed by atoms with Crippen LogP contribution in [0.25, 0.3) is 0 Å². The van der Waals surface area contributed by atoms with E-state index >= 15 is 0 Å². The highest BCUT2D eigenvalue weighted by atomic mass is 35.5. The Bertz CT molecular complexity index is 759. The lowest BCUT2D eigenvalue weighted by Gasteiger charge is -2.24. The Hall–Kier alpha value is -0.850. The molecule has 2 aromatic carbocycles. The third-order valence-corrected chi connectivity index (χ3v) is 7.04. The number of rotatable bonds is 6. The summed E-state index contributed by atoms with van der Waals surface area (Å²) < 4.78 is 15.3. The summed E-state index contributed by atoms with van der Waals surface area (Å²) in [6.07, 6.45) is 0. The molecule has 0 aromatic heterocycles. The van der Waals surface area contributed by atoms with Crippen molar-refractivity contribution in [3.05, 3.63) is 58.6 Å². The zero-order valence-corrected chi connectivity index (χ0v) is 17.3. The lowest BCUT2D eigenvalue weighted by Crippen LogP contribution is -2.35. The van der Waals surface area contributed by atoms with Gasteiger partial charge in [-0.25, -0.2) is 8.93 Å². The monoisotopic (exact) mass is 397 g/mol. The van der Waals surface area contributed by atoms with Crippen molar-refractivity contribution in [1.29, 1.82) is 0 Å². The van der Waals surface area contributed by atoms with Gasteiger partial charge in [0.05, 0.1) is 27.4 Å². The quantitative estimate of drug-likeness (QED) is 0.713. The summed E-state index contributed by atoms with van der Waals surface area (Å²) in [6, 6.07) is 13.3. The summed E-state index contributed by atoms with van der Waals surface area (Å²) in [5.41, 5.74) is 1.85. The van der Waals surface area contributed by atoms with Gasteiger partial charge in [-0.1, -0.05) is 53.7 Å². The van der Waals surface area contributed by atoms with E-state index < -0.39 is 11.0 Å². The molecule has 3 nitrogen and oxygen atoms in total. The molecule has 0 aliphatic carbocycles. The number of hydrogen-bond donors (Lipinski definition) is 2. The molecular weight excluding hydrogens is 374 g/mol. The van der Waals surface area contributed by atoms with E-state index in [0.717, 1.165) is 20.9 Å². The Morgan fingerprint density at radius 1 is 1.20 bits per heavy atom. The van der Waals surface area contributed by atoms with Crippen LogP contribution in [0.1, 0.15) is 44.9 Å². The lowest BCUT2D eigenvalue weighted by molar-refractivity contribution is 0.279. The first-order chi connectivity index (χ1) is 11.7. The summed E-state index contributed by atoms with van der Waals surface area (Å²) in [5.74, 6) is 0. The molecule has 0 fully saturated rings. The van der Waals surface area contributed by atoms with Crippen LogP contribution in [-0.4, -0.2) is 14.1 Å². The fourth-order valence-corrected chi connectivity index (χ4v) is 4.48. The van der Waals surface area contributed by atoms with Gasteiger partial charge in [-0.15, -0.1) is 0 Å². The van der Waals surface area contributed by atoms with Crippen molar-refractivity contribution < 1.29 is 9.32 Å². The van der Waals surface area contributed by atoms with Crippen LogP contribution in [0.5, 0.6) is 0 Å². The second-order valence-electron chi connectivity index (χ2n) is 6.75. The molecule has 2 atom stereocenters. The number of hydrogen-bond acceptors (Lipinski definition) is 3. The molecule has 0 spiro atoms. The van der Waals surface area contributed by atoms with Gasteiger partial charge in [0, 0.05) is 15.8 Å². The standard InChI is InChI=1S/C19H24ClNO2S2/c1-13(21-25(23)19(2,3)4)15-9-7-10-16(20)18(15)24-17-11-6-5-8-14(17)12-22/h5-11,13,21-22H,12H2,1-4H3/t13-,25?/m0/s1. The van der Waals surface area contributed by atoms with Gasteiger partial charge in [-0.05, 0) is 51.0 Å². The maximum absolute atomic E-state index is 12.4. The largest absolute Gasteiger partial charge is 0.392 e. The molecule has 2 aromatic rings. The van der Waals surface area contributed by atoms with Crippen LogP contribution < -0.4 is 4.72 Å². The fraction of sp³-hybridized carbons (Fsp3) is 0.368. The molecule has 136 valence electrons. The topological polar surface area (TPSA) is 49.3 Å². The minimum atomic E-state index is -1.18. The van der Waals surface area contributed by atoms with Crippen LogP contribution in [0, 0.1) is 0 Å². The highest BCUT2D eigenvalue weighted by Crippen LogP contribution is 2.40. The summed E-state index contributed by atoms with van der Waals surface area (Å²) in [4.78, 5) is 1.87. The van der Waals surface area contributed by atoms with E-state index in [1.807, 2.05) is 70.2 Å². The third kappa shape index (κ3) is 5.31. The van der Waals surface area contributed by atoms with E-state index in [-0.39, 0.29) is 17.4 Å². The Kier molecular flexibility index (Phi) is 7.11. The second kappa shape index (κ2) is 8.69. The predicted molar refractivity (Wildman–Crippen MR) is 107 cm³/mol. The van der Waals surface area contributed by atoms with Gasteiger partial charge in [0.25, 0.3) is 0 Å². The van der Waals surface area contributed by atoms with E-state index in [9.17, 15) is 9.32 Å². The van der Waals surface area contributed by atoms with Crippen LogP contribution in [0.3, 0.4) is 0 Å². The van der Waals surface area contributed by atoms with Crippen LogP contribution in [0.2, 0.25) is 5.02 Å². The number of aliphatic hydroxyl groups excluding tert-OH is 1. The molecular formula is C19H24ClNO2S2. The molecule has 2 rings (SSSR count). The number of nitrogens with one attached hydrogen (secondary N) is 1. The highest BCUT2D eigenvalue weighted by Gasteiger charge is 2.23. The van der Waals surface area contributed by atoms with Gasteiger partial charge in [0.15, 0.2) is 0 Å². The van der Waals surface area contributed by atoms with Crippen LogP contribution >= 0.6 is 23.4 Å². The average molecular weight is 398 g/mol. The van der Waals surface area contributed by atoms with Gasteiger partial charge in [-0.2, -0.15) is 0 Å². The molecule has 0 saturated heterocycles. The van der Waals surface area contributed by atoms with Crippen molar-refractivity contribution in [1.82, 2.24) is 4.72 Å². The highest BCUT2D eigenvalue weighted by molar-refractivity contribution is 7.99. The van der Waals surface area contributed by atoms with Gasteiger partial charge < -0.3 is 5.11 Å². The van der Waals surface area contributed by atoms with Crippen molar-refractivity contribution in [2.24, 2.45) is 0 Å². The number of halogens is 1. The van der Waals surface area contributed by atoms with Gasteiger partial charge in [-0.3, -0.25) is 0 Å². The third-order valence-electron chi connectivity index (χ3n) is 3.66. The average Bonchev–Trinajstić information content (AvgIpc) is 2.56. The molecule has 1 unspecified atom stereocenters. The minimum Gasteiger partial charge on any atom is -0.392 e. The van der Waals surface area contributed by atoms with Crippen molar-refractivity contribution >= 4 is 34.3 Å². The van der Waals surface area contributed by atoms with Crippen molar-refractivity contribution in [2.45, 2.75) is 54.9 Å². The molecule has 2 N–H and O–H groups in total. The fourth-order valence-electron chi connectivity index (χ4n) is 2.22. The molecule has 0 heterocycles. The van der Waals surface area contributed by atoms with E-state index in [1.54, 1.807) is 0 Å². The molecule has 0 radical (unpaired) electrons. The number of benzene rings is 2. The summed E-state index contributed by atoms with van der Waals surface area (Å²) in [5, 5.41) is 10.2. The van der Waals surface area contributed by atoms with Crippen LogP contribution in [-0.2, 0) is 17.6 Å². The second-order valence-corrected chi connectivity index (χ2v) is 10.2. The Labute approximate surface area is 161 Å². The SMILES string of the molecule is C[C@H](NS(=O)C(C)(C)C)c1cccc(Cl)c1Sc1ccccc1CO. The Balaban J connectivity index is 2.35. The Morgan fingerprint density at radius 3 is 2.52 bits per heavy atom. The van der Waals surface area contributed by atoms with Gasteiger partial charge >= 0.3 is 0 Å². The van der Waals surface area contributed by atoms with E-state index in [1.165, 1.54) is 11.8 Å². The van der Waals surface area contributed by atoms with E-state index in [0.29, 0.717) is 5.02 Å². The van der Waals surface area contributed by atoms with Gasteiger partial charge in [0.1, 0.15) is 0 Å². The molecule has 0 amide bonds. The molecule has 0 aliphatic rings. The van der Waals surface area contributed by atoms with E-state index in [2.05, 4.69) is 4.72 Å². The predicted octanol–water partition coefficient (Wildman–Crippen LogP) is 5.10. The summed E-state index contributed by atoms with van der Waals surface area (Å²) in [6.45, 7) is 7.78. The van der Waals surface area contributed by atoms with Crippen molar-refractivity contribution in [3.63, 3.8) is 0 Å². The maximum Gasteiger partial charge on any atom is 0.0975 e.